The SMILES string of the molecule is CCCCCCC1(C#N)CCC(OC(=O)C2CCC(CCC)CC2)CC1. The Labute approximate surface area is 160 Å². The molecule has 148 valence electrons. The van der Waals surface area contributed by atoms with E-state index in [9.17, 15) is 10.1 Å². The van der Waals surface area contributed by atoms with Gasteiger partial charge in [0.2, 0.25) is 0 Å². The van der Waals surface area contributed by atoms with Crippen molar-refractivity contribution in [2.75, 3.05) is 0 Å². The van der Waals surface area contributed by atoms with Crippen molar-refractivity contribution in [2.24, 2.45) is 17.3 Å². The van der Waals surface area contributed by atoms with Crippen LogP contribution in [0.4, 0.5) is 0 Å². The Bertz CT molecular complexity index is 451. The van der Waals surface area contributed by atoms with Crippen LogP contribution in [0.15, 0.2) is 0 Å². The van der Waals surface area contributed by atoms with Crippen LogP contribution in [0.3, 0.4) is 0 Å². The van der Waals surface area contributed by atoms with Crippen LogP contribution in [0.2, 0.25) is 0 Å². The number of carbonyl (C=O) groups excluding carboxylic acids is 1. The van der Waals surface area contributed by atoms with Crippen molar-refractivity contribution in [2.45, 2.75) is 116 Å². The van der Waals surface area contributed by atoms with Gasteiger partial charge in [0, 0.05) is 0 Å². The summed E-state index contributed by atoms with van der Waals surface area (Å²) < 4.78 is 5.86. The van der Waals surface area contributed by atoms with Crippen LogP contribution in [0.5, 0.6) is 0 Å². The first kappa shape index (κ1) is 21.3. The van der Waals surface area contributed by atoms with Crippen molar-refractivity contribution in [1.29, 1.82) is 5.26 Å². The van der Waals surface area contributed by atoms with E-state index in [1.54, 1.807) is 0 Å². The number of esters is 1. The molecule has 26 heavy (non-hydrogen) atoms. The minimum Gasteiger partial charge on any atom is -0.462 e. The van der Waals surface area contributed by atoms with Crippen LogP contribution in [-0.2, 0) is 9.53 Å². The molecular weight excluding hydrogens is 322 g/mol. The zero-order chi connectivity index (χ0) is 18.8. The summed E-state index contributed by atoms with van der Waals surface area (Å²) >= 11 is 0. The normalized spacial score (nSPS) is 32.0. The topological polar surface area (TPSA) is 50.1 Å². The molecule has 0 heterocycles. The first-order valence-electron chi connectivity index (χ1n) is 11.2. The van der Waals surface area contributed by atoms with Crippen LogP contribution in [0.25, 0.3) is 0 Å². The summed E-state index contributed by atoms with van der Waals surface area (Å²) in [6.45, 7) is 4.46. The molecule has 0 aromatic heterocycles. The molecule has 0 aromatic rings. The van der Waals surface area contributed by atoms with Crippen molar-refractivity contribution >= 4 is 5.97 Å². The smallest absolute Gasteiger partial charge is 0.309 e. The number of nitrogens with zero attached hydrogens (tertiary/aromatic N) is 1. The molecule has 2 rings (SSSR count). The molecule has 0 N–H and O–H groups in total. The van der Waals surface area contributed by atoms with Crippen molar-refractivity contribution in [3.63, 3.8) is 0 Å². The fourth-order valence-corrected chi connectivity index (χ4v) is 4.93. The fourth-order valence-electron chi connectivity index (χ4n) is 4.93. The van der Waals surface area contributed by atoms with Crippen LogP contribution >= 0.6 is 0 Å². The number of hydrogen-bond acceptors (Lipinski definition) is 3. The highest BCUT2D eigenvalue weighted by atomic mass is 16.5. The highest BCUT2D eigenvalue weighted by molar-refractivity contribution is 5.72. The van der Waals surface area contributed by atoms with Gasteiger partial charge >= 0.3 is 5.97 Å². The van der Waals surface area contributed by atoms with E-state index < -0.39 is 0 Å². The molecule has 2 fully saturated rings. The Kier molecular flexibility index (Phi) is 8.96. The molecule has 0 aromatic carbocycles. The molecule has 0 atom stereocenters. The van der Waals surface area contributed by atoms with Crippen LogP contribution in [0.1, 0.15) is 110 Å². The zero-order valence-electron chi connectivity index (χ0n) is 17.1. The van der Waals surface area contributed by atoms with Gasteiger partial charge in [0.05, 0.1) is 17.4 Å². The molecule has 0 spiro atoms. The third-order valence-corrected chi connectivity index (χ3v) is 6.80. The standard InChI is InChI=1S/C23H39NO2/c1-3-5-6-7-15-23(18-24)16-13-21(14-17-23)26-22(25)20-11-9-19(8-4-2)10-12-20/h19-21H,3-17H2,1-2H3. The molecule has 0 bridgehead atoms. The summed E-state index contributed by atoms with van der Waals surface area (Å²) in [5, 5.41) is 9.68. The molecular formula is C23H39NO2. The van der Waals surface area contributed by atoms with Crippen LogP contribution in [-0.4, -0.2) is 12.1 Å². The molecule has 0 unspecified atom stereocenters. The van der Waals surface area contributed by atoms with Gasteiger partial charge in [0.25, 0.3) is 0 Å². The van der Waals surface area contributed by atoms with E-state index in [1.165, 1.54) is 44.9 Å². The molecule has 0 saturated heterocycles. The highest BCUT2D eigenvalue weighted by Gasteiger charge is 2.37. The lowest BCUT2D eigenvalue weighted by molar-refractivity contribution is -0.158. The number of hydrogen-bond donors (Lipinski definition) is 0. The van der Waals surface area contributed by atoms with Gasteiger partial charge in [0.15, 0.2) is 0 Å². The van der Waals surface area contributed by atoms with Gasteiger partial charge in [-0.25, -0.2) is 0 Å². The Hall–Kier alpha value is -1.04. The Morgan fingerprint density at radius 2 is 1.69 bits per heavy atom. The number of unbranched alkanes of at least 4 members (excludes halogenated alkanes) is 3. The fraction of sp³-hybridized carbons (Fsp3) is 0.913. The number of ether oxygens (including phenoxy) is 1. The second-order valence-electron chi connectivity index (χ2n) is 8.85. The average molecular weight is 362 g/mol. The Morgan fingerprint density at radius 3 is 2.27 bits per heavy atom. The second-order valence-corrected chi connectivity index (χ2v) is 8.85. The maximum Gasteiger partial charge on any atom is 0.309 e. The van der Waals surface area contributed by atoms with E-state index in [4.69, 9.17) is 4.74 Å². The van der Waals surface area contributed by atoms with E-state index >= 15 is 0 Å². The van der Waals surface area contributed by atoms with Crippen molar-refractivity contribution in [3.8, 4) is 6.07 Å². The monoisotopic (exact) mass is 361 g/mol. The zero-order valence-corrected chi connectivity index (χ0v) is 17.1. The van der Waals surface area contributed by atoms with E-state index in [2.05, 4.69) is 19.9 Å². The van der Waals surface area contributed by atoms with Crippen molar-refractivity contribution in [1.82, 2.24) is 0 Å². The maximum absolute atomic E-state index is 12.5. The molecule has 2 aliphatic carbocycles. The first-order chi connectivity index (χ1) is 12.6. The van der Waals surface area contributed by atoms with Gasteiger partial charge in [-0.3, -0.25) is 4.79 Å². The molecule has 3 heteroatoms. The average Bonchev–Trinajstić information content (AvgIpc) is 2.67. The van der Waals surface area contributed by atoms with E-state index in [0.29, 0.717) is 0 Å². The molecule has 3 nitrogen and oxygen atoms in total. The summed E-state index contributed by atoms with van der Waals surface area (Å²) in [6.07, 6.45) is 16.5. The maximum atomic E-state index is 12.5. The van der Waals surface area contributed by atoms with Crippen LogP contribution < -0.4 is 0 Å². The van der Waals surface area contributed by atoms with Crippen LogP contribution in [0, 0.1) is 28.6 Å². The Morgan fingerprint density at radius 1 is 1.00 bits per heavy atom. The largest absolute Gasteiger partial charge is 0.462 e. The summed E-state index contributed by atoms with van der Waals surface area (Å²) in [5.41, 5.74) is -0.158. The second kappa shape index (κ2) is 11.0. The van der Waals surface area contributed by atoms with E-state index in [1.807, 2.05) is 0 Å². The van der Waals surface area contributed by atoms with Gasteiger partial charge in [-0.15, -0.1) is 0 Å². The lowest BCUT2D eigenvalue weighted by Gasteiger charge is -2.35. The minimum absolute atomic E-state index is 0.0392. The minimum atomic E-state index is -0.158. The quantitative estimate of drug-likeness (QED) is 0.345. The third-order valence-electron chi connectivity index (χ3n) is 6.80. The van der Waals surface area contributed by atoms with Gasteiger partial charge < -0.3 is 4.74 Å². The predicted octanol–water partition coefficient (Wildman–Crippen LogP) is 6.56. The lowest BCUT2D eigenvalue weighted by Crippen LogP contribution is -2.33. The highest BCUT2D eigenvalue weighted by Crippen LogP contribution is 2.41. The van der Waals surface area contributed by atoms with Gasteiger partial charge in [-0.2, -0.15) is 5.26 Å². The molecule has 2 saturated carbocycles. The van der Waals surface area contributed by atoms with Gasteiger partial charge in [0.1, 0.15) is 6.10 Å². The summed E-state index contributed by atoms with van der Waals surface area (Å²) in [5.74, 6) is 0.986. The number of nitriles is 1. The van der Waals surface area contributed by atoms with Gasteiger partial charge in [-0.05, 0) is 63.7 Å². The molecule has 0 radical (unpaired) electrons. The molecule has 0 amide bonds. The lowest BCUT2D eigenvalue weighted by atomic mass is 9.71. The number of rotatable bonds is 9. The van der Waals surface area contributed by atoms with E-state index in [0.717, 1.165) is 57.3 Å². The summed E-state index contributed by atoms with van der Waals surface area (Å²) in [4.78, 5) is 12.5. The summed E-state index contributed by atoms with van der Waals surface area (Å²) in [7, 11) is 0. The van der Waals surface area contributed by atoms with Crippen molar-refractivity contribution < 1.29 is 9.53 Å². The molecule has 2 aliphatic rings. The van der Waals surface area contributed by atoms with Gasteiger partial charge in [-0.1, -0.05) is 52.4 Å². The number of carbonyl (C=O) groups is 1. The third kappa shape index (κ3) is 6.29. The molecule has 0 aliphatic heterocycles. The Balaban J connectivity index is 1.70. The van der Waals surface area contributed by atoms with E-state index in [-0.39, 0.29) is 23.4 Å². The van der Waals surface area contributed by atoms with Crippen molar-refractivity contribution in [3.05, 3.63) is 0 Å². The summed E-state index contributed by atoms with van der Waals surface area (Å²) in [6, 6.07) is 2.61. The predicted molar refractivity (Wildman–Crippen MR) is 106 cm³/mol. The first-order valence-corrected chi connectivity index (χ1v) is 11.2.